The van der Waals surface area contributed by atoms with Gasteiger partial charge in [0.2, 0.25) is 5.91 Å². The molecule has 0 atom stereocenters. The topological polar surface area (TPSA) is 107 Å². The third kappa shape index (κ3) is 5.19. The van der Waals surface area contributed by atoms with Crippen molar-refractivity contribution in [2.75, 3.05) is 18.5 Å². The first kappa shape index (κ1) is 20.4. The van der Waals surface area contributed by atoms with Crippen LogP contribution in [0.5, 0.6) is 5.75 Å². The first-order valence-corrected chi connectivity index (χ1v) is 10.1. The highest BCUT2D eigenvalue weighted by Gasteiger charge is 2.11. The van der Waals surface area contributed by atoms with Gasteiger partial charge in [0.05, 0.1) is 44.0 Å². The Morgan fingerprint density at radius 1 is 1.19 bits per heavy atom. The number of fused-ring (bicyclic) bond motifs is 1. The van der Waals surface area contributed by atoms with Crippen LogP contribution in [-0.2, 0) is 24.3 Å². The van der Waals surface area contributed by atoms with E-state index < -0.39 is 0 Å². The molecule has 0 spiro atoms. The predicted molar refractivity (Wildman–Crippen MR) is 116 cm³/mol. The summed E-state index contributed by atoms with van der Waals surface area (Å²) in [5.41, 5.74) is 1.64. The molecule has 0 aliphatic carbocycles. The van der Waals surface area contributed by atoms with Gasteiger partial charge in [-0.05, 0) is 36.8 Å². The fraction of sp³-hybridized carbons (Fsp3) is 0.273. The zero-order valence-corrected chi connectivity index (χ0v) is 17.2. The first-order valence-electron chi connectivity index (χ1n) is 10.1. The molecule has 0 bridgehead atoms. The maximum absolute atomic E-state index is 12.3. The third-order valence-electron chi connectivity index (χ3n) is 4.69. The lowest BCUT2D eigenvalue weighted by Crippen LogP contribution is -2.28. The molecule has 0 aliphatic rings. The molecule has 0 radical (unpaired) electrons. The molecular weight excluding hydrogens is 396 g/mol. The summed E-state index contributed by atoms with van der Waals surface area (Å²) in [4.78, 5) is 20.9. The van der Waals surface area contributed by atoms with Crippen molar-refractivity contribution < 1.29 is 13.9 Å². The highest BCUT2D eigenvalue weighted by molar-refractivity contribution is 5.86. The molecule has 31 heavy (non-hydrogen) atoms. The van der Waals surface area contributed by atoms with Crippen LogP contribution in [0.2, 0.25) is 0 Å². The van der Waals surface area contributed by atoms with Crippen LogP contribution in [0.25, 0.3) is 11.0 Å². The van der Waals surface area contributed by atoms with Crippen LogP contribution in [-0.4, -0.2) is 38.8 Å². The normalized spacial score (nSPS) is 10.9. The quantitative estimate of drug-likeness (QED) is 0.406. The fourth-order valence-electron chi connectivity index (χ4n) is 3.20. The smallest absolute Gasteiger partial charge is 0.224 e. The summed E-state index contributed by atoms with van der Waals surface area (Å²) in [6.07, 6.45) is 5.17. The summed E-state index contributed by atoms with van der Waals surface area (Å²) in [5, 5.41) is 11.4. The Kier molecular flexibility index (Phi) is 6.41. The lowest BCUT2D eigenvalue weighted by Gasteiger charge is -2.08. The minimum Gasteiger partial charge on any atom is -0.494 e. The minimum atomic E-state index is -0.0453. The van der Waals surface area contributed by atoms with E-state index in [0.717, 1.165) is 22.5 Å². The van der Waals surface area contributed by atoms with Gasteiger partial charge in [-0.3, -0.25) is 4.79 Å². The largest absolute Gasteiger partial charge is 0.494 e. The van der Waals surface area contributed by atoms with Gasteiger partial charge in [-0.15, -0.1) is 0 Å². The van der Waals surface area contributed by atoms with Gasteiger partial charge < -0.3 is 19.8 Å². The van der Waals surface area contributed by atoms with Gasteiger partial charge in [-0.2, -0.15) is 5.10 Å². The molecule has 0 aliphatic heterocycles. The van der Waals surface area contributed by atoms with Crippen LogP contribution in [0.3, 0.4) is 0 Å². The SMILES string of the molecule is CCOc1ccc(CC(=O)NCCn2ncc3c(NCc4ccco4)ncnc32)cc1. The van der Waals surface area contributed by atoms with Crippen molar-refractivity contribution in [2.24, 2.45) is 0 Å². The van der Waals surface area contributed by atoms with Crippen LogP contribution in [0.15, 0.2) is 59.6 Å². The maximum Gasteiger partial charge on any atom is 0.224 e. The molecule has 4 aromatic rings. The number of amides is 1. The second-order valence-electron chi connectivity index (χ2n) is 6.86. The zero-order chi connectivity index (χ0) is 21.5. The van der Waals surface area contributed by atoms with E-state index in [-0.39, 0.29) is 5.91 Å². The van der Waals surface area contributed by atoms with Crippen LogP contribution in [0, 0.1) is 0 Å². The molecule has 0 unspecified atom stereocenters. The number of carbonyl (C=O) groups excluding carboxylic acids is 1. The van der Waals surface area contributed by atoms with E-state index in [0.29, 0.717) is 44.1 Å². The van der Waals surface area contributed by atoms with Crippen LogP contribution in [0.1, 0.15) is 18.2 Å². The van der Waals surface area contributed by atoms with Gasteiger partial charge in [0.25, 0.3) is 0 Å². The fourth-order valence-corrected chi connectivity index (χ4v) is 3.20. The highest BCUT2D eigenvalue weighted by atomic mass is 16.5. The summed E-state index contributed by atoms with van der Waals surface area (Å²) >= 11 is 0. The molecular formula is C22H24N6O3. The average Bonchev–Trinajstić information content (AvgIpc) is 3.44. The van der Waals surface area contributed by atoms with Gasteiger partial charge in [0.1, 0.15) is 23.7 Å². The molecule has 0 saturated carbocycles. The second kappa shape index (κ2) is 9.75. The van der Waals surface area contributed by atoms with Gasteiger partial charge in [0.15, 0.2) is 5.65 Å². The van der Waals surface area contributed by atoms with Crippen molar-refractivity contribution in [3.63, 3.8) is 0 Å². The Balaban J connectivity index is 1.30. The van der Waals surface area contributed by atoms with Crippen molar-refractivity contribution in [2.45, 2.75) is 26.4 Å². The van der Waals surface area contributed by atoms with E-state index in [4.69, 9.17) is 9.15 Å². The Hall–Kier alpha value is -3.88. The monoisotopic (exact) mass is 420 g/mol. The van der Waals surface area contributed by atoms with E-state index in [1.165, 1.54) is 6.33 Å². The molecule has 0 saturated heterocycles. The van der Waals surface area contributed by atoms with E-state index >= 15 is 0 Å². The Labute approximate surface area is 179 Å². The molecule has 4 rings (SSSR count). The second-order valence-corrected chi connectivity index (χ2v) is 6.86. The van der Waals surface area contributed by atoms with Crippen LogP contribution in [0.4, 0.5) is 5.82 Å². The highest BCUT2D eigenvalue weighted by Crippen LogP contribution is 2.19. The number of aromatic nitrogens is 4. The molecule has 1 aromatic carbocycles. The van der Waals surface area contributed by atoms with Crippen molar-refractivity contribution in [3.8, 4) is 5.75 Å². The Morgan fingerprint density at radius 2 is 2.06 bits per heavy atom. The van der Waals surface area contributed by atoms with E-state index in [1.807, 2.05) is 43.3 Å². The lowest BCUT2D eigenvalue weighted by molar-refractivity contribution is -0.120. The van der Waals surface area contributed by atoms with Gasteiger partial charge >= 0.3 is 0 Å². The van der Waals surface area contributed by atoms with Crippen molar-refractivity contribution in [1.82, 2.24) is 25.1 Å². The van der Waals surface area contributed by atoms with Crippen molar-refractivity contribution in [1.29, 1.82) is 0 Å². The van der Waals surface area contributed by atoms with Crippen LogP contribution >= 0.6 is 0 Å². The third-order valence-corrected chi connectivity index (χ3v) is 4.69. The number of hydrogen-bond acceptors (Lipinski definition) is 7. The van der Waals surface area contributed by atoms with E-state index in [1.54, 1.807) is 17.1 Å². The average molecular weight is 420 g/mol. The van der Waals surface area contributed by atoms with E-state index in [2.05, 4.69) is 25.7 Å². The molecule has 9 nitrogen and oxygen atoms in total. The number of ether oxygens (including phenoxy) is 1. The number of rotatable bonds is 10. The summed E-state index contributed by atoms with van der Waals surface area (Å²) in [7, 11) is 0. The molecule has 3 aromatic heterocycles. The number of nitrogens with one attached hydrogen (secondary N) is 2. The van der Waals surface area contributed by atoms with Crippen LogP contribution < -0.4 is 15.4 Å². The van der Waals surface area contributed by atoms with Crippen molar-refractivity contribution in [3.05, 3.63) is 66.5 Å². The molecule has 0 fully saturated rings. The summed E-state index contributed by atoms with van der Waals surface area (Å²) < 4.78 is 12.5. The molecule has 9 heteroatoms. The lowest BCUT2D eigenvalue weighted by atomic mass is 10.1. The Morgan fingerprint density at radius 3 is 2.84 bits per heavy atom. The number of furan rings is 1. The molecule has 2 N–H and O–H groups in total. The predicted octanol–water partition coefficient (Wildman–Crippen LogP) is 2.79. The van der Waals surface area contributed by atoms with Gasteiger partial charge in [0, 0.05) is 6.54 Å². The molecule has 160 valence electrons. The van der Waals surface area contributed by atoms with Crippen molar-refractivity contribution >= 4 is 22.8 Å². The Bertz CT molecular complexity index is 1120. The summed E-state index contributed by atoms with van der Waals surface area (Å²) in [6, 6.07) is 11.3. The summed E-state index contributed by atoms with van der Waals surface area (Å²) in [5.74, 6) is 2.26. The number of carbonyl (C=O) groups is 1. The summed E-state index contributed by atoms with van der Waals surface area (Å²) in [6.45, 7) is 4.04. The van der Waals surface area contributed by atoms with E-state index in [9.17, 15) is 4.79 Å². The van der Waals surface area contributed by atoms with Gasteiger partial charge in [-0.1, -0.05) is 12.1 Å². The maximum atomic E-state index is 12.3. The number of benzene rings is 1. The first-order chi connectivity index (χ1) is 15.2. The standard InChI is InChI=1S/C22H24N6O3/c1-2-30-17-7-5-16(6-8-17)12-20(29)23-9-10-28-22-19(14-27-28)21(25-15-26-22)24-13-18-4-3-11-31-18/h3-8,11,14-15H,2,9-10,12-13H2,1H3,(H,23,29)(H,24,25,26). The zero-order valence-electron chi connectivity index (χ0n) is 17.2. The number of nitrogens with zero attached hydrogens (tertiary/aromatic N) is 4. The molecule has 3 heterocycles. The molecule has 1 amide bonds. The number of hydrogen-bond donors (Lipinski definition) is 2. The minimum absolute atomic E-state index is 0.0453. The van der Waals surface area contributed by atoms with Gasteiger partial charge in [-0.25, -0.2) is 14.6 Å². The number of anilines is 1.